The molecule has 1 aromatic carbocycles. The van der Waals surface area contributed by atoms with E-state index in [-0.39, 0.29) is 12.1 Å². The topological polar surface area (TPSA) is 40.9 Å². The number of carbonyl (C=O) groups is 1. The summed E-state index contributed by atoms with van der Waals surface area (Å²) in [4.78, 5) is 23.2. The molecule has 1 saturated carbocycles. The van der Waals surface area contributed by atoms with Crippen LogP contribution in [0.5, 0.6) is 0 Å². The minimum atomic E-state index is 0.0195. The van der Waals surface area contributed by atoms with Crippen LogP contribution in [0.2, 0.25) is 0 Å². The van der Waals surface area contributed by atoms with Crippen LogP contribution >= 0.6 is 0 Å². The maximum absolute atomic E-state index is 13.8. The number of hydrogen-bond donors (Lipinski definition) is 0. The number of benzene rings is 1. The Bertz CT molecular complexity index is 1040. The molecule has 1 amide bonds. The first-order valence-corrected chi connectivity index (χ1v) is 10.4. The number of amides is 1. The number of nitrogens with zero attached hydrogens (tertiary/aromatic N) is 4. The molecule has 2 aliphatic heterocycles. The summed E-state index contributed by atoms with van der Waals surface area (Å²) in [5, 5.41) is 0. The Kier molecular flexibility index (Phi) is 3.60. The highest BCUT2D eigenvalue weighted by atomic mass is 16.2. The van der Waals surface area contributed by atoms with E-state index in [0.29, 0.717) is 17.7 Å². The first-order chi connectivity index (χ1) is 13.8. The molecule has 0 bridgehead atoms. The highest BCUT2D eigenvalue weighted by Crippen LogP contribution is 2.42. The summed E-state index contributed by atoms with van der Waals surface area (Å²) in [5.74, 6) is 1.62. The summed E-state index contributed by atoms with van der Waals surface area (Å²) in [6, 6.07) is 17.0. The summed E-state index contributed by atoms with van der Waals surface area (Å²) in [5.41, 5.74) is 2.75. The number of aromatic nitrogens is 2. The lowest BCUT2D eigenvalue weighted by Gasteiger charge is -2.29. The smallest absolute Gasteiger partial charge is 0.276 e. The second-order valence-corrected chi connectivity index (χ2v) is 8.32. The molecule has 3 fully saturated rings. The molecule has 5 heteroatoms. The van der Waals surface area contributed by atoms with Gasteiger partial charge in [-0.2, -0.15) is 0 Å². The third kappa shape index (κ3) is 2.42. The lowest BCUT2D eigenvalue weighted by atomic mass is 10.1. The van der Waals surface area contributed by atoms with E-state index < -0.39 is 0 Å². The van der Waals surface area contributed by atoms with Crippen molar-refractivity contribution in [2.45, 2.75) is 43.8 Å². The van der Waals surface area contributed by atoms with Crippen molar-refractivity contribution >= 4 is 11.4 Å². The molecule has 0 radical (unpaired) electrons. The van der Waals surface area contributed by atoms with E-state index in [4.69, 9.17) is 4.98 Å². The molecule has 5 nitrogen and oxygen atoms in total. The van der Waals surface area contributed by atoms with Crippen molar-refractivity contribution in [3.8, 4) is 0 Å². The molecule has 1 aliphatic carbocycles. The number of carbonyl (C=O) groups excluding carboxylic acids is 1. The number of pyridine rings is 1. The van der Waals surface area contributed by atoms with Crippen LogP contribution in [0.15, 0.2) is 54.7 Å². The van der Waals surface area contributed by atoms with Gasteiger partial charge in [0.05, 0.1) is 5.52 Å². The van der Waals surface area contributed by atoms with Crippen molar-refractivity contribution in [1.29, 1.82) is 0 Å². The molecule has 0 spiro atoms. The van der Waals surface area contributed by atoms with E-state index in [1.165, 1.54) is 31.2 Å². The predicted octanol–water partition coefficient (Wildman–Crippen LogP) is 3.83. The molecular weight excluding hydrogens is 348 g/mol. The molecule has 142 valence electrons. The fraction of sp³-hybridized carbons (Fsp3) is 0.391. The number of fused-ring (bicyclic) bond motifs is 2. The number of rotatable bonds is 3. The molecule has 0 N–H and O–H groups in total. The van der Waals surface area contributed by atoms with Crippen LogP contribution in [0.1, 0.15) is 59.6 Å². The van der Waals surface area contributed by atoms with E-state index >= 15 is 0 Å². The highest BCUT2D eigenvalue weighted by Gasteiger charge is 2.45. The normalized spacial score (nSPS) is 24.8. The van der Waals surface area contributed by atoms with Crippen LogP contribution < -0.4 is 0 Å². The minimum Gasteiger partial charge on any atom is -0.316 e. The molecule has 4 heterocycles. The van der Waals surface area contributed by atoms with Crippen molar-refractivity contribution in [3.63, 3.8) is 0 Å². The van der Waals surface area contributed by atoms with Crippen LogP contribution in [-0.4, -0.2) is 44.2 Å². The fourth-order valence-corrected chi connectivity index (χ4v) is 5.06. The van der Waals surface area contributed by atoms with Crippen LogP contribution in [0, 0.1) is 0 Å². The van der Waals surface area contributed by atoms with Gasteiger partial charge in [-0.3, -0.25) is 9.69 Å². The Labute approximate surface area is 164 Å². The molecular formula is C23H24N4O. The van der Waals surface area contributed by atoms with Gasteiger partial charge in [-0.1, -0.05) is 36.4 Å². The molecule has 3 aromatic rings. The molecule has 2 aromatic heterocycles. The van der Waals surface area contributed by atoms with E-state index in [2.05, 4.69) is 38.5 Å². The van der Waals surface area contributed by atoms with Gasteiger partial charge < -0.3 is 9.30 Å². The van der Waals surface area contributed by atoms with E-state index in [1.807, 2.05) is 30.5 Å². The molecule has 28 heavy (non-hydrogen) atoms. The third-order valence-corrected chi connectivity index (χ3v) is 6.52. The molecule has 6 rings (SSSR count). The van der Waals surface area contributed by atoms with Crippen LogP contribution in [0.25, 0.3) is 5.52 Å². The zero-order valence-electron chi connectivity index (χ0n) is 15.9. The van der Waals surface area contributed by atoms with E-state index in [9.17, 15) is 4.79 Å². The van der Waals surface area contributed by atoms with Gasteiger partial charge >= 0.3 is 0 Å². The zero-order valence-corrected chi connectivity index (χ0v) is 15.9. The summed E-state index contributed by atoms with van der Waals surface area (Å²) in [6.07, 6.45) is 6.80. The van der Waals surface area contributed by atoms with Crippen molar-refractivity contribution in [3.05, 3.63) is 71.8 Å². The van der Waals surface area contributed by atoms with Crippen molar-refractivity contribution < 1.29 is 4.79 Å². The quantitative estimate of drug-likeness (QED) is 0.702. The SMILES string of the molecule is O=C(c1nc(C2CC2)n2ccccc12)N1CC2CCCN2C1c1ccccc1. The van der Waals surface area contributed by atoms with Gasteiger partial charge in [0, 0.05) is 31.2 Å². The van der Waals surface area contributed by atoms with Crippen LogP contribution in [-0.2, 0) is 0 Å². The van der Waals surface area contributed by atoms with Crippen molar-refractivity contribution in [2.75, 3.05) is 13.1 Å². The van der Waals surface area contributed by atoms with Crippen LogP contribution in [0.4, 0.5) is 0 Å². The third-order valence-electron chi connectivity index (χ3n) is 6.52. The van der Waals surface area contributed by atoms with Crippen molar-refractivity contribution in [1.82, 2.24) is 19.2 Å². The first-order valence-electron chi connectivity index (χ1n) is 10.4. The second-order valence-electron chi connectivity index (χ2n) is 8.32. The number of imidazole rings is 1. The lowest BCUT2D eigenvalue weighted by molar-refractivity contribution is 0.0635. The summed E-state index contributed by atoms with van der Waals surface area (Å²) < 4.78 is 2.12. The zero-order chi connectivity index (χ0) is 18.7. The fourth-order valence-electron chi connectivity index (χ4n) is 5.06. The minimum absolute atomic E-state index is 0.0195. The summed E-state index contributed by atoms with van der Waals surface area (Å²) in [7, 11) is 0. The molecule has 2 atom stereocenters. The maximum atomic E-state index is 13.8. The van der Waals surface area contributed by atoms with Crippen molar-refractivity contribution in [2.24, 2.45) is 0 Å². The second kappa shape index (κ2) is 6.17. The van der Waals surface area contributed by atoms with Gasteiger partial charge in [0.15, 0.2) is 5.69 Å². The lowest BCUT2D eigenvalue weighted by Crippen LogP contribution is -2.35. The summed E-state index contributed by atoms with van der Waals surface area (Å²) >= 11 is 0. The van der Waals surface area contributed by atoms with Gasteiger partial charge in [-0.05, 0) is 43.4 Å². The first kappa shape index (κ1) is 16.3. The monoisotopic (exact) mass is 372 g/mol. The van der Waals surface area contributed by atoms with Crippen LogP contribution in [0.3, 0.4) is 0 Å². The van der Waals surface area contributed by atoms with Gasteiger partial charge in [0.2, 0.25) is 0 Å². The van der Waals surface area contributed by atoms with Gasteiger partial charge in [0.25, 0.3) is 5.91 Å². The Balaban J connectivity index is 1.43. The average Bonchev–Trinajstić information content (AvgIpc) is 3.20. The summed E-state index contributed by atoms with van der Waals surface area (Å²) in [6.45, 7) is 1.86. The Morgan fingerprint density at radius 3 is 2.64 bits per heavy atom. The van der Waals surface area contributed by atoms with Gasteiger partial charge in [-0.25, -0.2) is 4.98 Å². The highest BCUT2D eigenvalue weighted by molar-refractivity contribution is 5.99. The van der Waals surface area contributed by atoms with E-state index in [0.717, 1.165) is 24.4 Å². The van der Waals surface area contributed by atoms with Gasteiger partial charge in [-0.15, -0.1) is 0 Å². The average molecular weight is 372 g/mol. The molecule has 3 aliphatic rings. The number of hydrogen-bond acceptors (Lipinski definition) is 3. The Hall–Kier alpha value is -2.66. The Morgan fingerprint density at radius 2 is 1.82 bits per heavy atom. The maximum Gasteiger partial charge on any atom is 0.276 e. The molecule has 2 unspecified atom stereocenters. The Morgan fingerprint density at radius 1 is 1.00 bits per heavy atom. The van der Waals surface area contributed by atoms with Gasteiger partial charge in [0.1, 0.15) is 12.0 Å². The standard InChI is InChI=1S/C23H24N4O/c28-23(20-19-10-4-5-13-26(19)21(24-20)16-11-12-16)27-15-18-9-6-14-25(18)22(27)17-7-2-1-3-8-17/h1-5,7-8,10,13,16,18,22H,6,9,11-12,14-15H2. The molecule has 2 saturated heterocycles. The predicted molar refractivity (Wildman–Crippen MR) is 107 cm³/mol. The van der Waals surface area contributed by atoms with E-state index in [1.54, 1.807) is 0 Å². The largest absolute Gasteiger partial charge is 0.316 e.